The van der Waals surface area contributed by atoms with Gasteiger partial charge in [-0.05, 0) is 29.8 Å². The molecule has 0 spiro atoms. The molecule has 2 aromatic rings. The molecule has 1 heterocycles. The van der Waals surface area contributed by atoms with E-state index in [4.69, 9.17) is 4.74 Å². The first-order valence-electron chi connectivity index (χ1n) is 7.00. The second kappa shape index (κ2) is 5.89. The number of para-hydroxylation sites is 1. The Morgan fingerprint density at radius 2 is 2.09 bits per heavy atom. The van der Waals surface area contributed by atoms with Gasteiger partial charge in [0, 0.05) is 23.4 Å². The van der Waals surface area contributed by atoms with E-state index >= 15 is 0 Å². The van der Waals surface area contributed by atoms with Crippen molar-refractivity contribution in [1.29, 1.82) is 0 Å². The number of benzene rings is 2. The van der Waals surface area contributed by atoms with Crippen LogP contribution in [0, 0.1) is 0 Å². The molecule has 5 nitrogen and oxygen atoms in total. The number of nitrogens with one attached hydrogen (secondary N) is 2. The van der Waals surface area contributed by atoms with Crippen molar-refractivity contribution in [3.63, 3.8) is 0 Å². The van der Waals surface area contributed by atoms with Crippen molar-refractivity contribution in [2.75, 3.05) is 12.4 Å². The Bertz CT molecular complexity index is 740. The SMILES string of the molecule is COc1ccccc1CNC(=O)c1ccc2c(c1)CC(=O)N2. The van der Waals surface area contributed by atoms with Crippen LogP contribution < -0.4 is 15.4 Å². The van der Waals surface area contributed by atoms with Crippen molar-refractivity contribution in [3.8, 4) is 5.75 Å². The number of hydrogen-bond acceptors (Lipinski definition) is 3. The highest BCUT2D eigenvalue weighted by atomic mass is 16.5. The standard InChI is InChI=1S/C17H16N2O3/c1-22-15-5-3-2-4-12(15)10-18-17(21)11-6-7-14-13(8-11)9-16(20)19-14/h2-8H,9-10H2,1H3,(H,18,21)(H,19,20). The molecule has 0 saturated heterocycles. The lowest BCUT2D eigenvalue weighted by Crippen LogP contribution is -2.23. The molecule has 0 bridgehead atoms. The van der Waals surface area contributed by atoms with Gasteiger partial charge >= 0.3 is 0 Å². The Kier molecular flexibility index (Phi) is 3.78. The summed E-state index contributed by atoms with van der Waals surface area (Å²) in [6.45, 7) is 0.386. The van der Waals surface area contributed by atoms with Crippen LogP contribution in [0.2, 0.25) is 0 Å². The van der Waals surface area contributed by atoms with Gasteiger partial charge in [-0.1, -0.05) is 18.2 Å². The Morgan fingerprint density at radius 1 is 1.27 bits per heavy atom. The number of methoxy groups -OCH3 is 1. The van der Waals surface area contributed by atoms with Gasteiger partial charge in [0.15, 0.2) is 0 Å². The highest BCUT2D eigenvalue weighted by Crippen LogP contribution is 2.24. The number of amides is 2. The minimum absolute atomic E-state index is 0.0402. The van der Waals surface area contributed by atoms with Gasteiger partial charge in [0.25, 0.3) is 5.91 Å². The average molecular weight is 296 g/mol. The summed E-state index contributed by atoms with van der Waals surface area (Å²) >= 11 is 0. The fraction of sp³-hybridized carbons (Fsp3) is 0.176. The molecule has 0 aromatic heterocycles. The number of fused-ring (bicyclic) bond motifs is 1. The number of carbonyl (C=O) groups is 2. The van der Waals surface area contributed by atoms with Crippen LogP contribution >= 0.6 is 0 Å². The average Bonchev–Trinajstić information content (AvgIpc) is 2.91. The first-order chi connectivity index (χ1) is 10.7. The molecule has 1 aliphatic heterocycles. The molecule has 0 radical (unpaired) electrons. The number of anilines is 1. The highest BCUT2D eigenvalue weighted by molar-refractivity contribution is 6.01. The zero-order valence-corrected chi connectivity index (χ0v) is 12.2. The molecule has 0 atom stereocenters. The molecule has 2 N–H and O–H groups in total. The molecule has 2 amide bonds. The lowest BCUT2D eigenvalue weighted by atomic mass is 10.1. The lowest BCUT2D eigenvalue weighted by molar-refractivity contribution is -0.115. The minimum Gasteiger partial charge on any atom is -0.496 e. The van der Waals surface area contributed by atoms with E-state index in [-0.39, 0.29) is 11.8 Å². The maximum Gasteiger partial charge on any atom is 0.251 e. The summed E-state index contributed by atoms with van der Waals surface area (Å²) in [6, 6.07) is 12.8. The summed E-state index contributed by atoms with van der Waals surface area (Å²) in [5, 5.41) is 5.62. The molecule has 0 unspecified atom stereocenters. The van der Waals surface area contributed by atoms with Crippen LogP contribution in [0.15, 0.2) is 42.5 Å². The third kappa shape index (κ3) is 2.79. The van der Waals surface area contributed by atoms with Crippen molar-refractivity contribution >= 4 is 17.5 Å². The van der Waals surface area contributed by atoms with E-state index in [1.807, 2.05) is 24.3 Å². The third-order valence-corrected chi connectivity index (χ3v) is 3.62. The van der Waals surface area contributed by atoms with Gasteiger partial charge in [0.05, 0.1) is 13.5 Å². The largest absolute Gasteiger partial charge is 0.496 e. The van der Waals surface area contributed by atoms with E-state index in [2.05, 4.69) is 10.6 Å². The molecule has 3 rings (SSSR count). The maximum absolute atomic E-state index is 12.2. The van der Waals surface area contributed by atoms with Gasteiger partial charge in [-0.3, -0.25) is 9.59 Å². The molecular formula is C17H16N2O3. The van der Waals surface area contributed by atoms with E-state index in [0.29, 0.717) is 18.5 Å². The van der Waals surface area contributed by atoms with Crippen molar-refractivity contribution in [2.24, 2.45) is 0 Å². The fourth-order valence-corrected chi connectivity index (χ4v) is 2.50. The molecule has 22 heavy (non-hydrogen) atoms. The predicted molar refractivity (Wildman–Crippen MR) is 82.9 cm³/mol. The molecule has 0 aliphatic carbocycles. The zero-order valence-electron chi connectivity index (χ0n) is 12.2. The normalized spacial score (nSPS) is 12.5. The maximum atomic E-state index is 12.2. The summed E-state index contributed by atoms with van der Waals surface area (Å²) < 4.78 is 5.26. The van der Waals surface area contributed by atoms with E-state index < -0.39 is 0 Å². The second-order valence-electron chi connectivity index (χ2n) is 5.09. The topological polar surface area (TPSA) is 67.4 Å². The number of ether oxygens (including phenoxy) is 1. The van der Waals surface area contributed by atoms with Crippen LogP contribution in [-0.4, -0.2) is 18.9 Å². The van der Waals surface area contributed by atoms with Crippen LogP contribution in [0.25, 0.3) is 0 Å². The van der Waals surface area contributed by atoms with Gasteiger partial charge in [0.1, 0.15) is 5.75 Å². The Morgan fingerprint density at radius 3 is 2.91 bits per heavy atom. The van der Waals surface area contributed by atoms with Crippen LogP contribution in [0.5, 0.6) is 5.75 Å². The quantitative estimate of drug-likeness (QED) is 0.908. The van der Waals surface area contributed by atoms with Crippen molar-refractivity contribution < 1.29 is 14.3 Å². The number of rotatable bonds is 4. The summed E-state index contributed by atoms with van der Waals surface area (Å²) in [5.41, 5.74) is 3.10. The molecule has 2 aromatic carbocycles. The number of carbonyl (C=O) groups excluding carboxylic acids is 2. The second-order valence-corrected chi connectivity index (χ2v) is 5.09. The summed E-state index contributed by atoms with van der Waals surface area (Å²) in [4.78, 5) is 23.6. The van der Waals surface area contributed by atoms with Crippen LogP contribution in [0.3, 0.4) is 0 Å². The van der Waals surface area contributed by atoms with Gasteiger partial charge in [-0.15, -0.1) is 0 Å². The highest BCUT2D eigenvalue weighted by Gasteiger charge is 2.19. The summed E-state index contributed by atoms with van der Waals surface area (Å²) in [5.74, 6) is 0.529. The number of hydrogen-bond donors (Lipinski definition) is 2. The van der Waals surface area contributed by atoms with Crippen molar-refractivity contribution in [1.82, 2.24) is 5.32 Å². The first-order valence-corrected chi connectivity index (χ1v) is 7.00. The first kappa shape index (κ1) is 14.1. The van der Waals surface area contributed by atoms with Gasteiger partial charge in [-0.2, -0.15) is 0 Å². The molecule has 5 heteroatoms. The minimum atomic E-state index is -0.173. The summed E-state index contributed by atoms with van der Waals surface area (Å²) in [7, 11) is 1.60. The Labute approximate surface area is 128 Å². The van der Waals surface area contributed by atoms with Crippen molar-refractivity contribution in [3.05, 3.63) is 59.2 Å². The zero-order chi connectivity index (χ0) is 15.5. The molecule has 1 aliphatic rings. The van der Waals surface area contributed by atoms with Gasteiger partial charge in [0.2, 0.25) is 5.91 Å². The fourth-order valence-electron chi connectivity index (χ4n) is 2.50. The van der Waals surface area contributed by atoms with Gasteiger partial charge < -0.3 is 15.4 Å². The Balaban J connectivity index is 1.70. The Hall–Kier alpha value is -2.82. The molecule has 0 saturated carbocycles. The summed E-state index contributed by atoms with van der Waals surface area (Å²) in [6.07, 6.45) is 0.322. The van der Waals surface area contributed by atoms with Crippen LogP contribution in [0.1, 0.15) is 21.5 Å². The van der Waals surface area contributed by atoms with Crippen LogP contribution in [0.4, 0.5) is 5.69 Å². The van der Waals surface area contributed by atoms with E-state index in [9.17, 15) is 9.59 Å². The lowest BCUT2D eigenvalue weighted by Gasteiger charge is -2.10. The smallest absolute Gasteiger partial charge is 0.251 e. The molecule has 112 valence electrons. The predicted octanol–water partition coefficient (Wildman–Crippen LogP) is 2.12. The van der Waals surface area contributed by atoms with E-state index in [1.54, 1.807) is 25.3 Å². The van der Waals surface area contributed by atoms with Gasteiger partial charge in [-0.25, -0.2) is 0 Å². The van der Waals surface area contributed by atoms with E-state index in [0.717, 1.165) is 22.6 Å². The van der Waals surface area contributed by atoms with Crippen molar-refractivity contribution in [2.45, 2.75) is 13.0 Å². The van der Waals surface area contributed by atoms with Crippen LogP contribution in [-0.2, 0) is 17.8 Å². The monoisotopic (exact) mass is 296 g/mol. The molecule has 0 fully saturated rings. The molecular weight excluding hydrogens is 280 g/mol. The third-order valence-electron chi connectivity index (χ3n) is 3.62. The van der Waals surface area contributed by atoms with E-state index in [1.165, 1.54) is 0 Å².